The predicted octanol–water partition coefficient (Wildman–Crippen LogP) is 2.54. The maximum atomic E-state index is 12.5. The van der Waals surface area contributed by atoms with Gasteiger partial charge in [-0.1, -0.05) is 13.8 Å². The molecule has 8 heteroatoms. The Morgan fingerprint density at radius 1 is 1.21 bits per heavy atom. The highest BCUT2D eigenvalue weighted by atomic mass is 35.5. The Morgan fingerprint density at radius 3 is 2.54 bits per heavy atom. The van der Waals surface area contributed by atoms with Gasteiger partial charge in [0.2, 0.25) is 0 Å². The molecule has 1 amide bonds. The molecule has 1 heterocycles. The van der Waals surface area contributed by atoms with Crippen molar-refractivity contribution in [2.45, 2.75) is 26.7 Å². The van der Waals surface area contributed by atoms with E-state index in [0.29, 0.717) is 48.7 Å². The van der Waals surface area contributed by atoms with Gasteiger partial charge in [0.05, 0.1) is 0 Å². The molecule has 0 fully saturated rings. The Kier molecular flexibility index (Phi) is 6.64. The molecule has 3 rings (SSSR count). The number of halogens is 1. The summed E-state index contributed by atoms with van der Waals surface area (Å²) < 4.78 is 5.38. The molecule has 0 saturated carbocycles. The van der Waals surface area contributed by atoms with E-state index in [9.17, 15) is 14.4 Å². The Balaban J connectivity index is 0.00000280. The van der Waals surface area contributed by atoms with Gasteiger partial charge in [-0.05, 0) is 42.2 Å². The summed E-state index contributed by atoms with van der Waals surface area (Å²) in [5, 5.41) is 2.67. The molecule has 0 atom stereocenters. The van der Waals surface area contributed by atoms with Crippen LogP contribution in [-0.4, -0.2) is 29.8 Å². The molecule has 28 heavy (non-hydrogen) atoms. The summed E-state index contributed by atoms with van der Waals surface area (Å²) in [6.45, 7) is 4.78. The van der Waals surface area contributed by atoms with Gasteiger partial charge in [0, 0.05) is 29.9 Å². The molecule has 0 bridgehead atoms. The second kappa shape index (κ2) is 8.58. The number of nitrogens with two attached hydrogens (primary N) is 1. The average Bonchev–Trinajstić information content (AvgIpc) is 2.59. The molecule has 0 saturated heterocycles. The average molecular weight is 406 g/mol. The van der Waals surface area contributed by atoms with E-state index in [-0.39, 0.29) is 29.2 Å². The largest absolute Gasteiger partial charge is 0.492 e. The Bertz CT molecular complexity index is 935. The summed E-state index contributed by atoms with van der Waals surface area (Å²) in [5.74, 6) is 0.0125. The maximum Gasteiger partial charge on any atom is 0.261 e. The lowest BCUT2D eigenvalue weighted by Crippen LogP contribution is -2.32. The van der Waals surface area contributed by atoms with E-state index in [1.807, 2.05) is 13.8 Å². The van der Waals surface area contributed by atoms with Crippen LogP contribution < -0.4 is 21.3 Å². The molecule has 150 valence electrons. The van der Waals surface area contributed by atoms with Gasteiger partial charge >= 0.3 is 0 Å². The molecular weight excluding hydrogens is 382 g/mol. The van der Waals surface area contributed by atoms with E-state index in [2.05, 4.69) is 10.3 Å². The van der Waals surface area contributed by atoms with Gasteiger partial charge in [-0.3, -0.25) is 14.4 Å². The molecule has 1 aliphatic rings. The zero-order valence-corrected chi connectivity index (χ0v) is 16.7. The predicted molar refractivity (Wildman–Crippen MR) is 110 cm³/mol. The number of ketones is 1. The van der Waals surface area contributed by atoms with Crippen molar-refractivity contribution in [2.24, 2.45) is 11.1 Å². The summed E-state index contributed by atoms with van der Waals surface area (Å²) in [6, 6.07) is 8.15. The fourth-order valence-corrected chi connectivity index (χ4v) is 3.21. The van der Waals surface area contributed by atoms with Crippen molar-refractivity contribution in [3.8, 4) is 5.75 Å². The van der Waals surface area contributed by atoms with Gasteiger partial charge in [0.25, 0.3) is 11.5 Å². The molecule has 0 radical (unpaired) electrons. The van der Waals surface area contributed by atoms with E-state index in [1.165, 1.54) is 6.07 Å². The molecule has 0 unspecified atom stereocenters. The van der Waals surface area contributed by atoms with Crippen molar-refractivity contribution in [3.63, 3.8) is 0 Å². The number of aromatic nitrogens is 1. The number of carbonyl (C=O) groups is 2. The van der Waals surface area contributed by atoms with E-state index in [0.717, 1.165) is 0 Å². The number of pyridine rings is 1. The van der Waals surface area contributed by atoms with Crippen LogP contribution in [0.3, 0.4) is 0 Å². The van der Waals surface area contributed by atoms with Crippen LogP contribution in [-0.2, 0) is 6.42 Å². The number of amides is 1. The van der Waals surface area contributed by atoms with Crippen molar-refractivity contribution in [1.82, 2.24) is 4.98 Å². The Labute approximate surface area is 169 Å². The molecule has 0 spiro atoms. The second-order valence-corrected chi connectivity index (χ2v) is 7.46. The molecule has 4 N–H and O–H groups in total. The molecule has 1 aromatic carbocycles. The summed E-state index contributed by atoms with van der Waals surface area (Å²) in [4.78, 5) is 40.0. The van der Waals surface area contributed by atoms with Crippen molar-refractivity contribution >= 4 is 29.8 Å². The first-order valence-electron chi connectivity index (χ1n) is 8.83. The first-order valence-corrected chi connectivity index (χ1v) is 8.83. The third-order valence-electron chi connectivity index (χ3n) is 4.46. The number of H-pyrrole nitrogens is 1. The topological polar surface area (TPSA) is 114 Å². The van der Waals surface area contributed by atoms with Gasteiger partial charge in [0.1, 0.15) is 17.9 Å². The van der Waals surface area contributed by atoms with E-state index >= 15 is 0 Å². The minimum atomic E-state index is -0.563. The number of anilines is 1. The van der Waals surface area contributed by atoms with Gasteiger partial charge < -0.3 is 20.8 Å². The standard InChI is InChI=1S/C20H23N3O4.ClH/c1-20(2)10-16-14(17(24)11-20)9-15(19(26)23-16)18(25)22-12-3-5-13(6-4-12)27-8-7-21;/h3-6,9H,7-8,10-11,21H2,1-2H3,(H,22,25)(H,23,26);1H. The number of fused-ring (bicyclic) bond motifs is 1. The lowest BCUT2D eigenvalue weighted by atomic mass is 9.75. The van der Waals surface area contributed by atoms with Gasteiger partial charge in [-0.2, -0.15) is 0 Å². The number of benzene rings is 1. The molecule has 1 aromatic heterocycles. The Morgan fingerprint density at radius 2 is 1.89 bits per heavy atom. The van der Waals surface area contributed by atoms with Crippen LogP contribution in [0, 0.1) is 5.41 Å². The Hall–Kier alpha value is -2.64. The number of aromatic amines is 1. The summed E-state index contributed by atoms with van der Waals surface area (Å²) in [5.41, 5.74) is 6.14. The summed E-state index contributed by atoms with van der Waals surface area (Å²) in [7, 11) is 0. The highest BCUT2D eigenvalue weighted by molar-refractivity contribution is 6.06. The van der Waals surface area contributed by atoms with Gasteiger partial charge in [0.15, 0.2) is 5.78 Å². The zero-order chi connectivity index (χ0) is 19.6. The SMILES string of the molecule is CC1(C)CC(=O)c2cc(C(=O)Nc3ccc(OCCN)cc3)c(=O)[nH]c2C1.Cl. The van der Waals surface area contributed by atoms with E-state index in [4.69, 9.17) is 10.5 Å². The van der Waals surface area contributed by atoms with Crippen LogP contribution in [0.25, 0.3) is 0 Å². The van der Waals surface area contributed by atoms with E-state index in [1.54, 1.807) is 24.3 Å². The van der Waals surface area contributed by atoms with Crippen molar-refractivity contribution in [1.29, 1.82) is 0 Å². The zero-order valence-electron chi connectivity index (χ0n) is 15.8. The number of carbonyl (C=O) groups excluding carboxylic acids is 2. The molecule has 7 nitrogen and oxygen atoms in total. The van der Waals surface area contributed by atoms with Gasteiger partial charge in [-0.25, -0.2) is 0 Å². The van der Waals surface area contributed by atoms with Crippen LogP contribution in [0.1, 0.15) is 46.7 Å². The molecule has 0 aliphatic heterocycles. The lowest BCUT2D eigenvalue weighted by molar-refractivity contribution is 0.0910. The number of hydrogen-bond acceptors (Lipinski definition) is 5. The lowest BCUT2D eigenvalue weighted by Gasteiger charge is -2.29. The molecular formula is C20H24ClN3O4. The molecule has 2 aromatic rings. The van der Waals surface area contributed by atoms with Crippen molar-refractivity contribution in [2.75, 3.05) is 18.5 Å². The fourth-order valence-electron chi connectivity index (χ4n) is 3.21. The monoisotopic (exact) mass is 405 g/mol. The number of rotatable bonds is 5. The first-order chi connectivity index (χ1) is 12.8. The second-order valence-electron chi connectivity index (χ2n) is 7.46. The van der Waals surface area contributed by atoms with E-state index < -0.39 is 11.5 Å². The highest BCUT2D eigenvalue weighted by Crippen LogP contribution is 2.33. The first kappa shape index (κ1) is 21.7. The van der Waals surface area contributed by atoms with Crippen LogP contribution in [0.4, 0.5) is 5.69 Å². The van der Waals surface area contributed by atoms with Crippen LogP contribution in [0.2, 0.25) is 0 Å². The quantitative estimate of drug-likeness (QED) is 0.707. The summed E-state index contributed by atoms with van der Waals surface area (Å²) >= 11 is 0. The molecule has 1 aliphatic carbocycles. The fraction of sp³-hybridized carbons (Fsp3) is 0.350. The summed E-state index contributed by atoms with van der Waals surface area (Å²) in [6.07, 6.45) is 0.979. The smallest absolute Gasteiger partial charge is 0.261 e. The third-order valence-corrected chi connectivity index (χ3v) is 4.46. The number of nitrogens with one attached hydrogen (secondary N) is 2. The van der Waals surface area contributed by atoms with Crippen molar-refractivity contribution in [3.05, 3.63) is 57.5 Å². The van der Waals surface area contributed by atoms with Crippen LogP contribution in [0.5, 0.6) is 5.75 Å². The minimum Gasteiger partial charge on any atom is -0.492 e. The van der Waals surface area contributed by atoms with Crippen LogP contribution in [0.15, 0.2) is 35.1 Å². The number of Topliss-reactive ketones (excluding diaryl/α,β-unsaturated/α-hetero) is 1. The third kappa shape index (κ3) is 4.79. The number of hydrogen-bond donors (Lipinski definition) is 3. The highest BCUT2D eigenvalue weighted by Gasteiger charge is 2.32. The van der Waals surface area contributed by atoms with Gasteiger partial charge in [-0.15, -0.1) is 12.4 Å². The normalized spacial score (nSPS) is 14.6. The number of ether oxygens (including phenoxy) is 1. The van der Waals surface area contributed by atoms with Crippen LogP contribution >= 0.6 is 12.4 Å². The van der Waals surface area contributed by atoms with Crippen molar-refractivity contribution < 1.29 is 14.3 Å². The minimum absolute atomic E-state index is 0. The maximum absolute atomic E-state index is 12.5.